The Morgan fingerprint density at radius 3 is 3.15 bits per heavy atom. The van der Waals surface area contributed by atoms with E-state index in [-0.39, 0.29) is 22.4 Å². The summed E-state index contributed by atoms with van der Waals surface area (Å²) in [6, 6.07) is 0. The zero-order valence-electron chi connectivity index (χ0n) is 6.61. The number of hydrogen-bond donors (Lipinski definition) is 1. The summed E-state index contributed by atoms with van der Waals surface area (Å²) < 4.78 is 8.67. The van der Waals surface area contributed by atoms with Crippen molar-refractivity contribution in [2.75, 3.05) is 7.05 Å². The van der Waals surface area contributed by atoms with Crippen molar-refractivity contribution >= 4 is 17.7 Å². The maximum atomic E-state index is 10.8. The SMILES string of the molecule is CNC(=O)Oc1c(CCl)no[n+]1[O-]. The minimum atomic E-state index is -0.792. The molecule has 0 spiro atoms. The second kappa shape index (κ2) is 3.94. The van der Waals surface area contributed by atoms with E-state index in [2.05, 4.69) is 19.8 Å². The predicted octanol–water partition coefficient (Wildman–Crippen LogP) is -0.235. The summed E-state index contributed by atoms with van der Waals surface area (Å²) in [5, 5.41) is 16.2. The van der Waals surface area contributed by atoms with Crippen LogP contribution in [0.1, 0.15) is 5.69 Å². The van der Waals surface area contributed by atoms with Crippen LogP contribution in [0.3, 0.4) is 0 Å². The van der Waals surface area contributed by atoms with Crippen molar-refractivity contribution in [2.24, 2.45) is 0 Å². The van der Waals surface area contributed by atoms with Gasteiger partial charge in [0.15, 0.2) is 0 Å². The molecule has 1 aromatic heterocycles. The number of nitrogens with zero attached hydrogens (tertiary/aromatic N) is 2. The topological polar surface area (TPSA) is 91.3 Å². The standard InChI is InChI=1S/C5H6ClN3O4/c1-7-5(10)12-4-3(2-6)8-13-9(4)11/h2H2,1H3,(H,7,10). The number of carbonyl (C=O) groups is 1. The number of ether oxygens (including phenoxy) is 1. The fourth-order valence-corrected chi connectivity index (χ4v) is 0.748. The Hall–Kier alpha value is -1.50. The second-order valence-corrected chi connectivity index (χ2v) is 2.22. The smallest absolute Gasteiger partial charge is 0.367 e. The molecule has 0 saturated heterocycles. The normalized spacial score (nSPS) is 9.69. The number of halogens is 1. The first-order valence-electron chi connectivity index (χ1n) is 3.23. The fourth-order valence-electron chi connectivity index (χ4n) is 0.584. The average Bonchev–Trinajstić information content (AvgIpc) is 2.48. The fraction of sp³-hybridized carbons (Fsp3) is 0.400. The van der Waals surface area contributed by atoms with E-state index in [9.17, 15) is 10.0 Å². The second-order valence-electron chi connectivity index (χ2n) is 1.96. The van der Waals surface area contributed by atoms with Gasteiger partial charge in [0.05, 0.1) is 5.88 Å². The van der Waals surface area contributed by atoms with E-state index in [1.54, 1.807) is 0 Å². The number of hydrogen-bond acceptors (Lipinski definition) is 5. The number of alkyl halides is 1. The van der Waals surface area contributed by atoms with Crippen LogP contribution in [-0.4, -0.2) is 18.3 Å². The van der Waals surface area contributed by atoms with Crippen LogP contribution in [0.4, 0.5) is 4.79 Å². The van der Waals surface area contributed by atoms with Crippen LogP contribution in [0.15, 0.2) is 4.63 Å². The van der Waals surface area contributed by atoms with Gasteiger partial charge in [-0.3, -0.25) is 4.63 Å². The van der Waals surface area contributed by atoms with Gasteiger partial charge in [-0.25, -0.2) is 4.79 Å². The molecule has 1 amide bonds. The Labute approximate surface area is 77.7 Å². The summed E-state index contributed by atoms with van der Waals surface area (Å²) in [6.07, 6.45) is -0.792. The maximum Gasteiger partial charge on any atom is 0.415 e. The lowest BCUT2D eigenvalue weighted by Gasteiger charge is -1.97. The Bertz CT molecular complexity index is 313. The molecule has 1 aromatic rings. The quantitative estimate of drug-likeness (QED) is 0.534. The van der Waals surface area contributed by atoms with E-state index in [0.717, 1.165) is 0 Å². The highest BCUT2D eigenvalue weighted by Gasteiger charge is 2.22. The molecule has 0 radical (unpaired) electrons. The number of carbonyl (C=O) groups excluding carboxylic acids is 1. The first-order valence-corrected chi connectivity index (χ1v) is 3.76. The molecule has 0 atom stereocenters. The van der Waals surface area contributed by atoms with E-state index in [1.165, 1.54) is 7.05 Å². The summed E-state index contributed by atoms with van der Waals surface area (Å²) in [5.41, 5.74) is 0.0697. The zero-order valence-corrected chi connectivity index (χ0v) is 7.37. The number of rotatable bonds is 2. The predicted molar refractivity (Wildman–Crippen MR) is 40.1 cm³/mol. The monoisotopic (exact) mass is 207 g/mol. The van der Waals surface area contributed by atoms with Crippen LogP contribution in [-0.2, 0) is 5.88 Å². The molecule has 72 valence electrons. The molecule has 0 saturated carbocycles. The van der Waals surface area contributed by atoms with Gasteiger partial charge in [-0.05, 0) is 4.90 Å². The number of nitrogens with one attached hydrogen (secondary N) is 1. The molecule has 0 fully saturated rings. The van der Waals surface area contributed by atoms with E-state index in [1.807, 2.05) is 0 Å². The molecule has 0 bridgehead atoms. The Morgan fingerprint density at radius 2 is 2.62 bits per heavy atom. The van der Waals surface area contributed by atoms with Gasteiger partial charge >= 0.3 is 12.0 Å². The molecule has 8 heteroatoms. The van der Waals surface area contributed by atoms with Crippen molar-refractivity contribution in [3.8, 4) is 5.88 Å². The van der Waals surface area contributed by atoms with E-state index >= 15 is 0 Å². The molecule has 0 aliphatic carbocycles. The first-order chi connectivity index (χ1) is 6.19. The molecule has 1 heterocycles. The molecule has 0 unspecified atom stereocenters. The molecule has 0 aliphatic heterocycles. The third-order valence-electron chi connectivity index (χ3n) is 1.16. The minimum Gasteiger partial charge on any atom is -0.367 e. The number of aromatic nitrogens is 2. The van der Waals surface area contributed by atoms with Crippen LogP contribution in [0.2, 0.25) is 0 Å². The largest absolute Gasteiger partial charge is 0.415 e. The molecule has 13 heavy (non-hydrogen) atoms. The van der Waals surface area contributed by atoms with Gasteiger partial charge in [0.25, 0.3) is 5.69 Å². The summed E-state index contributed by atoms with van der Waals surface area (Å²) >= 11 is 5.39. The summed E-state index contributed by atoms with van der Waals surface area (Å²) in [4.78, 5) is 10.7. The molecule has 0 aromatic carbocycles. The molecule has 0 aliphatic rings. The van der Waals surface area contributed by atoms with Gasteiger partial charge in [-0.15, -0.1) is 11.6 Å². The van der Waals surface area contributed by atoms with Crippen LogP contribution in [0, 0.1) is 5.21 Å². The Kier molecular flexibility index (Phi) is 2.91. The third kappa shape index (κ3) is 2.00. The molecule has 1 N–H and O–H groups in total. The van der Waals surface area contributed by atoms with Gasteiger partial charge in [0, 0.05) is 12.2 Å². The molecule has 7 nitrogen and oxygen atoms in total. The van der Waals surface area contributed by atoms with Gasteiger partial charge in [-0.1, -0.05) is 0 Å². The maximum absolute atomic E-state index is 10.8. The van der Waals surface area contributed by atoms with E-state index < -0.39 is 6.09 Å². The van der Waals surface area contributed by atoms with Crippen LogP contribution in [0.5, 0.6) is 5.88 Å². The molecule has 1 rings (SSSR count). The van der Waals surface area contributed by atoms with Crippen LogP contribution >= 0.6 is 11.6 Å². The van der Waals surface area contributed by atoms with Gasteiger partial charge in [0.2, 0.25) is 0 Å². The summed E-state index contributed by atoms with van der Waals surface area (Å²) in [5.74, 6) is -0.431. The van der Waals surface area contributed by atoms with Crippen LogP contribution < -0.4 is 15.0 Å². The van der Waals surface area contributed by atoms with E-state index in [4.69, 9.17) is 11.6 Å². The van der Waals surface area contributed by atoms with E-state index in [0.29, 0.717) is 0 Å². The lowest BCUT2D eigenvalue weighted by Crippen LogP contribution is -2.31. The molecular weight excluding hydrogens is 202 g/mol. The molecular formula is C5H6ClN3O4. The highest BCUT2D eigenvalue weighted by atomic mass is 35.5. The first kappa shape index (κ1) is 9.59. The van der Waals surface area contributed by atoms with Gasteiger partial charge < -0.3 is 15.3 Å². The van der Waals surface area contributed by atoms with Crippen molar-refractivity contribution in [3.05, 3.63) is 10.9 Å². The minimum absolute atomic E-state index is 0.0348. The van der Waals surface area contributed by atoms with Gasteiger partial charge in [-0.2, -0.15) is 0 Å². The highest BCUT2D eigenvalue weighted by Crippen LogP contribution is 2.12. The van der Waals surface area contributed by atoms with Crippen molar-refractivity contribution in [2.45, 2.75) is 5.88 Å². The zero-order chi connectivity index (χ0) is 9.84. The van der Waals surface area contributed by atoms with Crippen LogP contribution in [0.25, 0.3) is 0 Å². The lowest BCUT2D eigenvalue weighted by atomic mass is 10.5. The average molecular weight is 208 g/mol. The van der Waals surface area contributed by atoms with Crippen molar-refractivity contribution in [1.82, 2.24) is 10.5 Å². The van der Waals surface area contributed by atoms with Crippen molar-refractivity contribution < 1.29 is 19.1 Å². The number of amides is 1. The van der Waals surface area contributed by atoms with Gasteiger partial charge in [0.1, 0.15) is 0 Å². The third-order valence-corrected chi connectivity index (χ3v) is 1.41. The lowest BCUT2D eigenvalue weighted by molar-refractivity contribution is -0.804. The van der Waals surface area contributed by atoms with Crippen molar-refractivity contribution in [1.29, 1.82) is 0 Å². The Morgan fingerprint density at radius 1 is 1.92 bits per heavy atom. The summed E-state index contributed by atoms with van der Waals surface area (Å²) in [6.45, 7) is 0. The Balaban J connectivity index is 2.85. The van der Waals surface area contributed by atoms with Crippen molar-refractivity contribution in [3.63, 3.8) is 0 Å². The summed E-state index contributed by atoms with van der Waals surface area (Å²) in [7, 11) is 1.35. The highest BCUT2D eigenvalue weighted by molar-refractivity contribution is 6.17.